The van der Waals surface area contributed by atoms with Gasteiger partial charge in [-0.2, -0.15) is 4.80 Å². The van der Waals surface area contributed by atoms with E-state index in [9.17, 15) is 9.59 Å². The fraction of sp³-hybridized carbons (Fsp3) is 0.316. The number of aromatic amines is 1. The van der Waals surface area contributed by atoms with E-state index in [-0.39, 0.29) is 42.1 Å². The normalized spacial score (nSPS) is 11.1. The Balaban J connectivity index is 2.12. The molecule has 0 aliphatic carbocycles. The van der Waals surface area contributed by atoms with Crippen LogP contribution in [0.3, 0.4) is 0 Å². The number of amides is 1. The summed E-state index contributed by atoms with van der Waals surface area (Å²) in [5.41, 5.74) is 1.84. The molecule has 0 saturated carbocycles. The van der Waals surface area contributed by atoms with E-state index in [0.717, 1.165) is 4.47 Å². The Morgan fingerprint density at radius 2 is 2.10 bits per heavy atom. The minimum atomic E-state index is -0.393. The third-order valence-electron chi connectivity index (χ3n) is 4.19. The molecule has 10 heteroatoms. The van der Waals surface area contributed by atoms with Crippen LogP contribution in [0.4, 0.5) is 0 Å². The van der Waals surface area contributed by atoms with Crippen LogP contribution in [-0.2, 0) is 6.54 Å². The van der Waals surface area contributed by atoms with Gasteiger partial charge in [-0.1, -0.05) is 28.1 Å². The Labute approximate surface area is 175 Å². The Morgan fingerprint density at radius 3 is 2.76 bits per heavy atom. The van der Waals surface area contributed by atoms with Crippen molar-refractivity contribution in [3.63, 3.8) is 0 Å². The van der Waals surface area contributed by atoms with Gasteiger partial charge in [0.25, 0.3) is 5.91 Å². The fourth-order valence-electron chi connectivity index (χ4n) is 2.91. The number of benzene rings is 1. The number of hydrogen-bond acceptors (Lipinski definition) is 6. The predicted octanol–water partition coefficient (Wildman–Crippen LogP) is 2.10. The van der Waals surface area contributed by atoms with Crippen LogP contribution in [0.5, 0.6) is 0 Å². The number of H-pyrrole nitrogens is 1. The Kier molecular flexibility index (Phi) is 6.23. The van der Waals surface area contributed by atoms with E-state index in [2.05, 4.69) is 41.6 Å². The molecule has 3 rings (SSSR count). The molecule has 3 aromatic rings. The Hall–Kier alpha value is -2.85. The van der Waals surface area contributed by atoms with Crippen molar-refractivity contribution in [1.29, 1.82) is 0 Å². The highest BCUT2D eigenvalue weighted by Crippen LogP contribution is 2.28. The zero-order valence-electron chi connectivity index (χ0n) is 16.2. The maximum atomic E-state index is 13.3. The van der Waals surface area contributed by atoms with Crippen LogP contribution in [0.1, 0.15) is 45.8 Å². The van der Waals surface area contributed by atoms with Crippen molar-refractivity contribution in [2.45, 2.75) is 33.4 Å². The van der Waals surface area contributed by atoms with Crippen LogP contribution in [-0.4, -0.2) is 54.6 Å². The average Bonchev–Trinajstić information content (AvgIpc) is 3.25. The lowest BCUT2D eigenvalue weighted by Gasteiger charge is -2.09. The van der Waals surface area contributed by atoms with Gasteiger partial charge in [0.1, 0.15) is 5.69 Å². The summed E-state index contributed by atoms with van der Waals surface area (Å²) >= 11 is 3.37. The number of tetrazole rings is 1. The maximum absolute atomic E-state index is 13.3. The van der Waals surface area contributed by atoms with Crippen LogP contribution in [0, 0.1) is 6.92 Å². The highest BCUT2D eigenvalue weighted by Gasteiger charge is 2.28. The van der Waals surface area contributed by atoms with E-state index in [1.807, 2.05) is 19.9 Å². The number of nitrogens with one attached hydrogen (secondary N) is 2. The molecule has 3 N–H and O–H groups in total. The maximum Gasteiger partial charge on any atom is 0.268 e. The molecular weight excluding hydrogens is 440 g/mol. The molecule has 9 nitrogen and oxygen atoms in total. The van der Waals surface area contributed by atoms with Crippen molar-refractivity contribution in [2.75, 3.05) is 6.61 Å². The predicted molar refractivity (Wildman–Crippen MR) is 110 cm³/mol. The number of hydrogen-bond donors (Lipinski definition) is 3. The Bertz CT molecular complexity index is 1060. The second-order valence-corrected chi connectivity index (χ2v) is 7.69. The van der Waals surface area contributed by atoms with Gasteiger partial charge in [0, 0.05) is 16.1 Å². The van der Waals surface area contributed by atoms with Crippen LogP contribution in [0.2, 0.25) is 0 Å². The number of carbonyl (C=O) groups excluding carboxylic acids is 2. The van der Waals surface area contributed by atoms with Crippen LogP contribution in [0.25, 0.3) is 11.5 Å². The molecule has 0 atom stereocenters. The summed E-state index contributed by atoms with van der Waals surface area (Å²) in [5, 5.41) is 23.9. The largest absolute Gasteiger partial charge is 0.394 e. The molecule has 0 aliphatic rings. The third kappa shape index (κ3) is 4.43. The van der Waals surface area contributed by atoms with Crippen molar-refractivity contribution in [3.05, 3.63) is 51.1 Å². The SMILES string of the molecule is Cc1c(-c2nnn(CCO)n2)[nH]c(C(=O)NC(C)C)c1C(=O)c1cccc(Br)c1. The van der Waals surface area contributed by atoms with Gasteiger partial charge in [0.05, 0.1) is 24.4 Å². The molecule has 1 amide bonds. The molecule has 0 bridgehead atoms. The number of aromatic nitrogens is 5. The van der Waals surface area contributed by atoms with Crippen LogP contribution < -0.4 is 5.32 Å². The summed E-state index contributed by atoms with van der Waals surface area (Å²) in [6.07, 6.45) is 0. The van der Waals surface area contributed by atoms with E-state index in [1.165, 1.54) is 4.80 Å². The molecule has 1 aromatic carbocycles. The summed E-state index contributed by atoms with van der Waals surface area (Å²) in [6.45, 7) is 5.47. The number of nitrogens with zero attached hydrogens (tertiary/aromatic N) is 4. The number of aliphatic hydroxyl groups excluding tert-OH is 1. The number of carbonyl (C=O) groups is 2. The van der Waals surface area contributed by atoms with Gasteiger partial charge >= 0.3 is 0 Å². The lowest BCUT2D eigenvalue weighted by molar-refractivity contribution is 0.0928. The first-order chi connectivity index (χ1) is 13.8. The lowest BCUT2D eigenvalue weighted by Crippen LogP contribution is -2.31. The van der Waals surface area contributed by atoms with Crippen molar-refractivity contribution < 1.29 is 14.7 Å². The van der Waals surface area contributed by atoms with Gasteiger partial charge in [0.15, 0.2) is 5.78 Å². The molecule has 29 heavy (non-hydrogen) atoms. The first-order valence-corrected chi connectivity index (χ1v) is 9.83. The highest BCUT2D eigenvalue weighted by atomic mass is 79.9. The second-order valence-electron chi connectivity index (χ2n) is 6.78. The Morgan fingerprint density at radius 1 is 1.34 bits per heavy atom. The van der Waals surface area contributed by atoms with Crippen LogP contribution in [0.15, 0.2) is 28.7 Å². The van der Waals surface area contributed by atoms with Gasteiger partial charge in [-0.15, -0.1) is 10.2 Å². The molecule has 0 saturated heterocycles. The monoisotopic (exact) mass is 460 g/mol. The number of rotatable bonds is 7. The smallest absolute Gasteiger partial charge is 0.268 e. The topological polar surface area (TPSA) is 126 Å². The van der Waals surface area contributed by atoms with Gasteiger partial charge in [-0.05, 0) is 43.7 Å². The molecule has 2 aromatic heterocycles. The second kappa shape index (κ2) is 8.66. The molecule has 0 radical (unpaired) electrons. The first kappa shape index (κ1) is 20.9. The van der Waals surface area contributed by atoms with Gasteiger partial charge in [-0.3, -0.25) is 9.59 Å². The molecule has 152 valence electrons. The van der Waals surface area contributed by atoms with Gasteiger partial charge in [-0.25, -0.2) is 0 Å². The van der Waals surface area contributed by atoms with E-state index in [4.69, 9.17) is 5.11 Å². The third-order valence-corrected chi connectivity index (χ3v) is 4.68. The standard InChI is InChI=1S/C19H21BrN6O3/c1-10(2)21-19(29)16-14(17(28)12-5-4-6-13(20)9-12)11(3)15(22-16)18-23-25-26(24-18)7-8-27/h4-6,9-10,22,27H,7-8H2,1-3H3,(H,21,29). The van der Waals surface area contributed by atoms with Crippen molar-refractivity contribution in [3.8, 4) is 11.5 Å². The molecular formula is C19H21BrN6O3. The zero-order valence-corrected chi connectivity index (χ0v) is 17.8. The summed E-state index contributed by atoms with van der Waals surface area (Å²) in [4.78, 5) is 30.3. The minimum absolute atomic E-state index is 0.105. The number of aliphatic hydroxyl groups is 1. The summed E-state index contributed by atoms with van der Waals surface area (Å²) in [5.74, 6) is -0.443. The quantitative estimate of drug-likeness (QED) is 0.463. The van der Waals surface area contributed by atoms with E-state index in [1.54, 1.807) is 25.1 Å². The van der Waals surface area contributed by atoms with Crippen LogP contribution >= 0.6 is 15.9 Å². The summed E-state index contributed by atoms with van der Waals surface area (Å²) in [7, 11) is 0. The zero-order chi connectivity index (χ0) is 21.1. The molecule has 0 spiro atoms. The molecule has 0 unspecified atom stereocenters. The van der Waals surface area contributed by atoms with E-state index >= 15 is 0 Å². The van der Waals surface area contributed by atoms with Crippen molar-refractivity contribution in [1.82, 2.24) is 30.5 Å². The molecule has 0 aliphatic heterocycles. The van der Waals surface area contributed by atoms with Gasteiger partial charge < -0.3 is 15.4 Å². The molecule has 2 heterocycles. The number of halogens is 1. The minimum Gasteiger partial charge on any atom is -0.394 e. The number of ketones is 1. The molecule has 0 fully saturated rings. The summed E-state index contributed by atoms with van der Waals surface area (Å²) in [6, 6.07) is 6.87. The highest BCUT2D eigenvalue weighted by molar-refractivity contribution is 9.10. The van der Waals surface area contributed by atoms with E-state index in [0.29, 0.717) is 16.8 Å². The van der Waals surface area contributed by atoms with Gasteiger partial charge in [0.2, 0.25) is 5.82 Å². The lowest BCUT2D eigenvalue weighted by atomic mass is 9.99. The summed E-state index contributed by atoms with van der Waals surface area (Å²) < 4.78 is 0.763. The van der Waals surface area contributed by atoms with E-state index < -0.39 is 5.91 Å². The average molecular weight is 461 g/mol. The van der Waals surface area contributed by atoms with Crippen molar-refractivity contribution in [2.24, 2.45) is 0 Å². The fourth-order valence-corrected chi connectivity index (χ4v) is 3.31. The first-order valence-electron chi connectivity index (χ1n) is 9.04. The van der Waals surface area contributed by atoms with Crippen molar-refractivity contribution >= 4 is 27.6 Å².